The molecular weight excluding hydrogens is 275 g/mol. The van der Waals surface area contributed by atoms with Gasteiger partial charge in [0.2, 0.25) is 0 Å². The van der Waals surface area contributed by atoms with E-state index in [1.54, 1.807) is 0 Å². The van der Waals surface area contributed by atoms with E-state index in [4.69, 9.17) is 11.6 Å². The van der Waals surface area contributed by atoms with Gasteiger partial charge in [-0.15, -0.1) is 0 Å². The second-order valence-corrected chi connectivity index (χ2v) is 5.17. The van der Waals surface area contributed by atoms with Crippen molar-refractivity contribution in [2.45, 2.75) is 31.9 Å². The molecule has 3 rings (SSSR count). The van der Waals surface area contributed by atoms with Crippen LogP contribution in [0.3, 0.4) is 0 Å². The van der Waals surface area contributed by atoms with E-state index in [2.05, 4.69) is 4.98 Å². The lowest BCUT2D eigenvalue weighted by Crippen LogP contribution is -2.08. The number of halogens is 4. The minimum Gasteiger partial charge on any atom is -0.252 e. The maximum atomic E-state index is 12.7. The molecule has 0 saturated heterocycles. The second kappa shape index (κ2) is 4.37. The average Bonchev–Trinajstić information content (AvgIpc) is 2.37. The van der Waals surface area contributed by atoms with Gasteiger partial charge in [-0.2, -0.15) is 13.2 Å². The van der Waals surface area contributed by atoms with Crippen LogP contribution in [0.15, 0.2) is 18.2 Å². The Morgan fingerprint density at radius 1 is 1.11 bits per heavy atom. The Balaban J connectivity index is 2.24. The third kappa shape index (κ3) is 2.18. The molecule has 1 aliphatic rings. The first kappa shape index (κ1) is 12.7. The van der Waals surface area contributed by atoms with Crippen LogP contribution in [0.2, 0.25) is 5.02 Å². The van der Waals surface area contributed by atoms with Crippen LogP contribution in [0.4, 0.5) is 13.2 Å². The second-order valence-electron chi connectivity index (χ2n) is 4.79. The summed E-state index contributed by atoms with van der Waals surface area (Å²) in [6.45, 7) is 0. The van der Waals surface area contributed by atoms with Gasteiger partial charge in [-0.05, 0) is 43.4 Å². The summed E-state index contributed by atoms with van der Waals surface area (Å²) in [5.41, 5.74) is 1.50. The van der Waals surface area contributed by atoms with E-state index in [9.17, 15) is 13.2 Å². The molecule has 0 bridgehead atoms. The van der Waals surface area contributed by atoms with Crippen molar-refractivity contribution in [1.29, 1.82) is 0 Å². The van der Waals surface area contributed by atoms with Gasteiger partial charge in [0.15, 0.2) is 0 Å². The Labute approximate surface area is 113 Å². The number of aromatic nitrogens is 1. The first-order chi connectivity index (χ1) is 8.97. The predicted molar refractivity (Wildman–Crippen MR) is 68.4 cm³/mol. The summed E-state index contributed by atoms with van der Waals surface area (Å²) < 4.78 is 38.1. The minimum absolute atomic E-state index is 0.334. The molecule has 0 spiro atoms. The van der Waals surface area contributed by atoms with E-state index in [0.717, 1.165) is 49.1 Å². The summed E-state index contributed by atoms with van der Waals surface area (Å²) in [6.07, 6.45) is -0.626. The van der Waals surface area contributed by atoms with Gasteiger partial charge in [0.05, 0.1) is 16.1 Å². The fraction of sp³-hybridized carbons (Fsp3) is 0.357. The monoisotopic (exact) mass is 285 g/mol. The van der Waals surface area contributed by atoms with Crippen LogP contribution in [0.1, 0.15) is 29.7 Å². The van der Waals surface area contributed by atoms with Crippen molar-refractivity contribution in [3.8, 4) is 0 Å². The highest BCUT2D eigenvalue weighted by molar-refractivity contribution is 6.36. The van der Waals surface area contributed by atoms with Crippen LogP contribution in [-0.2, 0) is 19.0 Å². The van der Waals surface area contributed by atoms with Gasteiger partial charge in [0, 0.05) is 11.1 Å². The SMILES string of the molecule is FC(F)(F)c1ccc2c(Cl)c3c(nc2c1)CCCC3. The Morgan fingerprint density at radius 2 is 1.84 bits per heavy atom. The summed E-state index contributed by atoms with van der Waals surface area (Å²) in [4.78, 5) is 4.37. The largest absolute Gasteiger partial charge is 0.416 e. The molecular formula is C14H11ClF3N. The Bertz CT molecular complexity index is 649. The number of alkyl halides is 3. The van der Waals surface area contributed by atoms with Crippen molar-refractivity contribution >= 4 is 22.5 Å². The number of hydrogen-bond acceptors (Lipinski definition) is 1. The summed E-state index contributed by atoms with van der Waals surface area (Å²) in [6, 6.07) is 3.56. The van der Waals surface area contributed by atoms with E-state index in [0.29, 0.717) is 15.9 Å². The van der Waals surface area contributed by atoms with Crippen molar-refractivity contribution in [1.82, 2.24) is 4.98 Å². The van der Waals surface area contributed by atoms with E-state index in [-0.39, 0.29) is 0 Å². The maximum Gasteiger partial charge on any atom is 0.416 e. The van der Waals surface area contributed by atoms with E-state index >= 15 is 0 Å². The van der Waals surface area contributed by atoms with Gasteiger partial charge in [0.25, 0.3) is 0 Å². The quantitative estimate of drug-likeness (QED) is 0.678. The highest BCUT2D eigenvalue weighted by atomic mass is 35.5. The lowest BCUT2D eigenvalue weighted by Gasteiger charge is -2.18. The molecule has 0 N–H and O–H groups in total. The molecule has 0 fully saturated rings. The summed E-state index contributed by atoms with van der Waals surface area (Å²) in [7, 11) is 0. The minimum atomic E-state index is -4.35. The molecule has 1 heterocycles. The first-order valence-corrected chi connectivity index (χ1v) is 6.53. The number of benzene rings is 1. The van der Waals surface area contributed by atoms with Crippen LogP contribution in [0.25, 0.3) is 10.9 Å². The van der Waals surface area contributed by atoms with Gasteiger partial charge >= 0.3 is 6.18 Å². The van der Waals surface area contributed by atoms with Crippen molar-refractivity contribution < 1.29 is 13.2 Å². The molecule has 0 aliphatic heterocycles. The molecule has 1 aromatic heterocycles. The maximum absolute atomic E-state index is 12.7. The molecule has 1 nitrogen and oxygen atoms in total. The topological polar surface area (TPSA) is 12.9 Å². The van der Waals surface area contributed by atoms with Crippen molar-refractivity contribution in [3.63, 3.8) is 0 Å². The summed E-state index contributed by atoms with van der Waals surface area (Å²) in [5.74, 6) is 0. The van der Waals surface area contributed by atoms with E-state index < -0.39 is 11.7 Å². The fourth-order valence-electron chi connectivity index (χ4n) is 2.54. The summed E-state index contributed by atoms with van der Waals surface area (Å²) >= 11 is 6.30. The number of nitrogens with zero attached hydrogens (tertiary/aromatic N) is 1. The van der Waals surface area contributed by atoms with Crippen LogP contribution in [0.5, 0.6) is 0 Å². The normalized spacial score (nSPS) is 15.6. The number of aryl methyl sites for hydroxylation is 1. The first-order valence-electron chi connectivity index (χ1n) is 6.15. The van der Waals surface area contributed by atoms with Gasteiger partial charge in [-0.3, -0.25) is 4.98 Å². The zero-order valence-electron chi connectivity index (χ0n) is 10.0. The highest BCUT2D eigenvalue weighted by Gasteiger charge is 2.31. The Kier molecular flexibility index (Phi) is 2.93. The third-order valence-corrected chi connectivity index (χ3v) is 3.95. The van der Waals surface area contributed by atoms with Crippen molar-refractivity contribution in [3.05, 3.63) is 40.0 Å². The van der Waals surface area contributed by atoms with Gasteiger partial charge in [-0.25, -0.2) is 0 Å². The molecule has 1 aliphatic carbocycles. The molecule has 19 heavy (non-hydrogen) atoms. The van der Waals surface area contributed by atoms with Gasteiger partial charge in [0.1, 0.15) is 0 Å². The zero-order valence-corrected chi connectivity index (χ0v) is 10.8. The van der Waals surface area contributed by atoms with Crippen LogP contribution < -0.4 is 0 Å². The number of hydrogen-bond donors (Lipinski definition) is 0. The summed E-state index contributed by atoms with van der Waals surface area (Å²) in [5, 5.41) is 1.17. The molecule has 100 valence electrons. The molecule has 0 atom stereocenters. The molecule has 5 heteroatoms. The van der Waals surface area contributed by atoms with Crippen LogP contribution >= 0.6 is 11.6 Å². The van der Waals surface area contributed by atoms with Crippen LogP contribution in [0, 0.1) is 0 Å². The molecule has 2 aromatic rings. The van der Waals surface area contributed by atoms with Crippen molar-refractivity contribution in [2.24, 2.45) is 0 Å². The molecule has 1 aromatic carbocycles. The predicted octanol–water partition coefficient (Wildman–Crippen LogP) is 4.79. The fourth-order valence-corrected chi connectivity index (χ4v) is 2.91. The van der Waals surface area contributed by atoms with E-state index in [1.807, 2.05) is 0 Å². The average molecular weight is 286 g/mol. The molecule has 0 radical (unpaired) electrons. The smallest absolute Gasteiger partial charge is 0.252 e. The lowest BCUT2D eigenvalue weighted by atomic mass is 9.94. The standard InChI is InChI=1S/C14H11ClF3N/c15-13-9-3-1-2-4-11(9)19-12-7-8(14(16,17)18)5-6-10(12)13/h5-7H,1-4H2. The molecule has 0 amide bonds. The molecule has 0 saturated carbocycles. The number of pyridine rings is 1. The number of rotatable bonds is 0. The van der Waals surface area contributed by atoms with Gasteiger partial charge < -0.3 is 0 Å². The lowest BCUT2D eigenvalue weighted by molar-refractivity contribution is -0.137. The zero-order chi connectivity index (χ0) is 13.6. The van der Waals surface area contributed by atoms with Crippen LogP contribution in [-0.4, -0.2) is 4.98 Å². The third-order valence-electron chi connectivity index (χ3n) is 3.52. The van der Waals surface area contributed by atoms with Crippen molar-refractivity contribution in [2.75, 3.05) is 0 Å². The van der Waals surface area contributed by atoms with E-state index in [1.165, 1.54) is 6.07 Å². The highest BCUT2D eigenvalue weighted by Crippen LogP contribution is 2.36. The Morgan fingerprint density at radius 3 is 2.58 bits per heavy atom. The Hall–Kier alpha value is -1.29. The molecule has 0 unspecified atom stereocenters. The number of fused-ring (bicyclic) bond motifs is 2. The van der Waals surface area contributed by atoms with Gasteiger partial charge in [-0.1, -0.05) is 17.7 Å².